The van der Waals surface area contributed by atoms with Crippen molar-refractivity contribution in [3.05, 3.63) is 29.8 Å². The SMILES string of the molecule is CC(C)C[C@H](NC(=O)[C@H](CC1CC1)NC(=O)[C@@H]1CCN1c1ccc(C(F)(F)F)cc1)B(O)O. The van der Waals surface area contributed by atoms with Gasteiger partial charge in [0, 0.05) is 12.2 Å². The van der Waals surface area contributed by atoms with Crippen molar-refractivity contribution in [3.63, 3.8) is 0 Å². The number of anilines is 1. The first kappa shape index (κ1) is 25.4. The molecule has 0 spiro atoms. The summed E-state index contributed by atoms with van der Waals surface area (Å²) in [5.41, 5.74) is -0.242. The number of halogens is 3. The van der Waals surface area contributed by atoms with E-state index < -0.39 is 42.8 Å². The van der Waals surface area contributed by atoms with E-state index in [0.29, 0.717) is 37.4 Å². The highest BCUT2D eigenvalue weighted by molar-refractivity contribution is 6.43. The summed E-state index contributed by atoms with van der Waals surface area (Å²) < 4.78 is 38.4. The van der Waals surface area contributed by atoms with Crippen LogP contribution in [-0.2, 0) is 15.8 Å². The third-order valence-electron chi connectivity index (χ3n) is 6.16. The van der Waals surface area contributed by atoms with Gasteiger partial charge in [0.15, 0.2) is 0 Å². The molecule has 0 unspecified atom stereocenters. The topological polar surface area (TPSA) is 102 Å². The Morgan fingerprint density at radius 1 is 1.12 bits per heavy atom. The maximum atomic E-state index is 12.9. The standard InChI is InChI=1S/C22H31BF3N3O4/c1-13(2)11-19(23(32)33)28-20(30)17(12-14-3-4-14)27-21(31)18-9-10-29(18)16-7-5-15(6-8-16)22(24,25)26/h5-8,13-14,17-19,32-33H,3-4,9-12H2,1-2H3,(H,27,31)(H,28,30)/t17-,18-,19-/m0/s1. The van der Waals surface area contributed by atoms with Crippen LogP contribution in [0.3, 0.4) is 0 Å². The number of amides is 2. The molecule has 1 aliphatic heterocycles. The minimum atomic E-state index is -4.43. The van der Waals surface area contributed by atoms with E-state index >= 15 is 0 Å². The van der Waals surface area contributed by atoms with E-state index in [2.05, 4.69) is 10.6 Å². The van der Waals surface area contributed by atoms with Crippen LogP contribution in [0.4, 0.5) is 18.9 Å². The number of hydrogen-bond donors (Lipinski definition) is 4. The van der Waals surface area contributed by atoms with Gasteiger partial charge in [-0.3, -0.25) is 9.59 Å². The van der Waals surface area contributed by atoms with Gasteiger partial charge in [-0.1, -0.05) is 26.7 Å². The Kier molecular flexibility index (Phi) is 7.94. The van der Waals surface area contributed by atoms with Crippen molar-refractivity contribution in [2.24, 2.45) is 11.8 Å². The third-order valence-corrected chi connectivity index (χ3v) is 6.16. The molecule has 3 rings (SSSR count). The summed E-state index contributed by atoms with van der Waals surface area (Å²) in [5.74, 6) is -1.22. The van der Waals surface area contributed by atoms with Crippen molar-refractivity contribution in [3.8, 4) is 0 Å². The normalized spacial score (nSPS) is 20.1. The zero-order valence-electron chi connectivity index (χ0n) is 18.8. The summed E-state index contributed by atoms with van der Waals surface area (Å²) in [6.45, 7) is 4.32. The van der Waals surface area contributed by atoms with Gasteiger partial charge in [-0.2, -0.15) is 13.2 Å². The zero-order chi connectivity index (χ0) is 24.3. The second kappa shape index (κ2) is 10.3. The summed E-state index contributed by atoms with van der Waals surface area (Å²) in [4.78, 5) is 27.5. The van der Waals surface area contributed by atoms with E-state index in [0.717, 1.165) is 25.0 Å². The average molecular weight is 469 g/mol. The number of rotatable bonds is 10. The van der Waals surface area contributed by atoms with Crippen LogP contribution in [0.25, 0.3) is 0 Å². The fourth-order valence-corrected chi connectivity index (χ4v) is 4.04. The monoisotopic (exact) mass is 469 g/mol. The fourth-order valence-electron chi connectivity index (χ4n) is 4.04. The van der Waals surface area contributed by atoms with Crippen LogP contribution < -0.4 is 15.5 Å². The van der Waals surface area contributed by atoms with Crippen LogP contribution in [0.2, 0.25) is 0 Å². The maximum Gasteiger partial charge on any atom is 0.475 e. The summed E-state index contributed by atoms with van der Waals surface area (Å²) in [5, 5.41) is 24.7. The number of hydrogen-bond acceptors (Lipinski definition) is 5. The molecule has 0 bridgehead atoms. The van der Waals surface area contributed by atoms with Crippen molar-refractivity contribution in [1.82, 2.24) is 10.6 Å². The van der Waals surface area contributed by atoms with Gasteiger partial charge < -0.3 is 25.6 Å². The fraction of sp³-hybridized carbons (Fsp3) is 0.636. The van der Waals surface area contributed by atoms with Gasteiger partial charge in [0.1, 0.15) is 12.1 Å². The molecule has 2 aliphatic rings. The molecule has 1 heterocycles. The second-order valence-electron chi connectivity index (χ2n) is 9.44. The number of nitrogens with one attached hydrogen (secondary N) is 2. The molecule has 7 nitrogen and oxygen atoms in total. The highest BCUT2D eigenvalue weighted by Crippen LogP contribution is 2.35. The molecule has 0 aromatic heterocycles. The minimum Gasteiger partial charge on any atom is -0.426 e. The lowest BCUT2D eigenvalue weighted by molar-refractivity contribution is -0.137. The van der Waals surface area contributed by atoms with Gasteiger partial charge >= 0.3 is 13.3 Å². The van der Waals surface area contributed by atoms with Crippen LogP contribution >= 0.6 is 0 Å². The Labute approximate surface area is 191 Å². The van der Waals surface area contributed by atoms with E-state index in [1.807, 2.05) is 13.8 Å². The number of carbonyl (C=O) groups is 2. The van der Waals surface area contributed by atoms with Gasteiger partial charge in [-0.25, -0.2) is 0 Å². The van der Waals surface area contributed by atoms with Crippen molar-refractivity contribution >= 4 is 24.6 Å². The summed E-state index contributed by atoms with van der Waals surface area (Å²) >= 11 is 0. The van der Waals surface area contributed by atoms with Crippen LogP contribution in [0.1, 0.15) is 51.5 Å². The molecule has 1 aromatic carbocycles. The number of carbonyl (C=O) groups excluding carboxylic acids is 2. The van der Waals surface area contributed by atoms with Crippen LogP contribution in [0, 0.1) is 11.8 Å². The minimum absolute atomic E-state index is 0.126. The summed E-state index contributed by atoms with van der Waals surface area (Å²) in [6, 6.07) is 3.27. The highest BCUT2D eigenvalue weighted by atomic mass is 19.4. The molecule has 4 N–H and O–H groups in total. The Hall–Kier alpha value is -2.27. The van der Waals surface area contributed by atoms with E-state index in [4.69, 9.17) is 0 Å². The number of alkyl halides is 3. The Bertz CT molecular complexity index is 831. The van der Waals surface area contributed by atoms with E-state index in [-0.39, 0.29) is 11.8 Å². The largest absolute Gasteiger partial charge is 0.475 e. The van der Waals surface area contributed by atoms with Gasteiger partial charge in [0.25, 0.3) is 0 Å². The van der Waals surface area contributed by atoms with Crippen LogP contribution in [0.15, 0.2) is 24.3 Å². The first-order chi connectivity index (χ1) is 15.5. The number of benzene rings is 1. The number of nitrogens with zero attached hydrogens (tertiary/aromatic N) is 1. The molecule has 2 fully saturated rings. The molecule has 1 aromatic rings. The second-order valence-corrected chi connectivity index (χ2v) is 9.44. The molecule has 1 aliphatic carbocycles. The lowest BCUT2D eigenvalue weighted by atomic mass is 9.75. The van der Waals surface area contributed by atoms with Crippen molar-refractivity contribution in [2.45, 2.75) is 70.2 Å². The molecule has 33 heavy (non-hydrogen) atoms. The molecule has 11 heteroatoms. The van der Waals surface area contributed by atoms with E-state index in [1.54, 1.807) is 4.90 Å². The first-order valence-corrected chi connectivity index (χ1v) is 11.4. The Morgan fingerprint density at radius 2 is 1.76 bits per heavy atom. The predicted octanol–water partition coefficient (Wildman–Crippen LogP) is 2.11. The zero-order valence-corrected chi connectivity index (χ0v) is 18.8. The maximum absolute atomic E-state index is 12.9. The van der Waals surface area contributed by atoms with Gasteiger partial charge in [-0.15, -0.1) is 0 Å². The average Bonchev–Trinajstić information content (AvgIpc) is 3.49. The lowest BCUT2D eigenvalue weighted by Crippen LogP contribution is -2.61. The van der Waals surface area contributed by atoms with E-state index in [1.165, 1.54) is 12.1 Å². The molecule has 3 atom stereocenters. The Balaban J connectivity index is 1.64. The van der Waals surface area contributed by atoms with Crippen LogP contribution in [0.5, 0.6) is 0 Å². The quantitative estimate of drug-likeness (QED) is 0.394. The molecule has 1 saturated heterocycles. The van der Waals surface area contributed by atoms with Gasteiger partial charge in [-0.05, 0) is 55.4 Å². The van der Waals surface area contributed by atoms with Crippen molar-refractivity contribution in [1.29, 1.82) is 0 Å². The molecule has 1 saturated carbocycles. The van der Waals surface area contributed by atoms with E-state index in [9.17, 15) is 32.8 Å². The molecular formula is C22H31BF3N3O4. The first-order valence-electron chi connectivity index (χ1n) is 11.4. The molecule has 0 radical (unpaired) electrons. The third kappa shape index (κ3) is 6.86. The van der Waals surface area contributed by atoms with Crippen molar-refractivity contribution in [2.75, 3.05) is 11.4 Å². The lowest BCUT2D eigenvalue weighted by Gasteiger charge is -2.42. The molecular weight excluding hydrogens is 438 g/mol. The van der Waals surface area contributed by atoms with Crippen molar-refractivity contribution < 1.29 is 32.8 Å². The Morgan fingerprint density at radius 3 is 2.21 bits per heavy atom. The summed E-state index contributed by atoms with van der Waals surface area (Å²) in [7, 11) is -1.71. The molecule has 2 amide bonds. The molecule has 182 valence electrons. The predicted molar refractivity (Wildman–Crippen MR) is 118 cm³/mol. The van der Waals surface area contributed by atoms with Gasteiger partial charge in [0.05, 0.1) is 11.5 Å². The summed E-state index contributed by atoms with van der Waals surface area (Å²) in [6.07, 6.45) is -1.13. The smallest absolute Gasteiger partial charge is 0.426 e. The van der Waals surface area contributed by atoms with Crippen LogP contribution in [-0.4, -0.2) is 53.6 Å². The van der Waals surface area contributed by atoms with Gasteiger partial charge in [0.2, 0.25) is 11.8 Å². The highest BCUT2D eigenvalue weighted by Gasteiger charge is 2.39.